The SMILES string of the molecule is CCC(=S)SC(C)(C)C#N. The van der Waals surface area contributed by atoms with Crippen LogP contribution >= 0.6 is 24.0 Å². The Morgan fingerprint density at radius 2 is 2.20 bits per heavy atom. The van der Waals surface area contributed by atoms with Crippen LogP contribution in [0.5, 0.6) is 0 Å². The number of nitriles is 1. The van der Waals surface area contributed by atoms with Gasteiger partial charge in [-0.3, -0.25) is 0 Å². The molecule has 56 valence electrons. The Balaban J connectivity index is 3.92. The van der Waals surface area contributed by atoms with E-state index in [9.17, 15) is 0 Å². The smallest absolute Gasteiger partial charge is 0.102 e. The fraction of sp³-hybridized carbons (Fsp3) is 0.714. The first kappa shape index (κ1) is 9.93. The van der Waals surface area contributed by atoms with Crippen molar-refractivity contribution in [3.8, 4) is 6.07 Å². The molecular weight excluding hydrogens is 162 g/mol. The molecule has 0 radical (unpaired) electrons. The number of rotatable bonds is 2. The summed E-state index contributed by atoms with van der Waals surface area (Å²) in [5.41, 5.74) is 0. The third kappa shape index (κ3) is 3.86. The molecule has 10 heavy (non-hydrogen) atoms. The van der Waals surface area contributed by atoms with Crippen molar-refractivity contribution in [1.29, 1.82) is 5.26 Å². The molecule has 1 nitrogen and oxygen atoms in total. The molecule has 0 bridgehead atoms. The third-order valence-electron chi connectivity index (χ3n) is 0.927. The highest BCUT2D eigenvalue weighted by atomic mass is 32.2. The van der Waals surface area contributed by atoms with Gasteiger partial charge in [0.05, 0.1) is 6.07 Å². The normalized spacial score (nSPS) is 10.6. The van der Waals surface area contributed by atoms with Crippen molar-refractivity contribution < 1.29 is 0 Å². The molecule has 0 spiro atoms. The minimum absolute atomic E-state index is 0.354. The molecule has 0 aromatic carbocycles. The first-order valence-corrected chi connectivity index (χ1v) is 4.37. The van der Waals surface area contributed by atoms with Crippen LogP contribution in [0.3, 0.4) is 0 Å². The van der Waals surface area contributed by atoms with Crippen molar-refractivity contribution in [2.24, 2.45) is 0 Å². The predicted octanol–water partition coefficient (Wildman–Crippen LogP) is 2.76. The zero-order chi connectivity index (χ0) is 8.20. The molecule has 0 atom stereocenters. The first-order valence-electron chi connectivity index (χ1n) is 3.15. The maximum absolute atomic E-state index is 8.61. The maximum atomic E-state index is 8.61. The zero-order valence-electron chi connectivity index (χ0n) is 6.47. The summed E-state index contributed by atoms with van der Waals surface area (Å²) in [5, 5.41) is 8.61. The van der Waals surface area contributed by atoms with Gasteiger partial charge in [0.25, 0.3) is 0 Å². The Bertz CT molecular complexity index is 167. The second kappa shape index (κ2) is 3.95. The molecule has 0 unspecified atom stereocenters. The molecule has 0 heterocycles. The lowest BCUT2D eigenvalue weighted by Crippen LogP contribution is -2.12. The van der Waals surface area contributed by atoms with Crippen molar-refractivity contribution in [1.82, 2.24) is 0 Å². The van der Waals surface area contributed by atoms with E-state index in [0.29, 0.717) is 0 Å². The second-order valence-electron chi connectivity index (χ2n) is 2.45. The van der Waals surface area contributed by atoms with Crippen LogP contribution in [0.25, 0.3) is 0 Å². The molecule has 0 aliphatic rings. The van der Waals surface area contributed by atoms with Gasteiger partial charge in [0.2, 0.25) is 0 Å². The number of nitrogens with zero attached hydrogens (tertiary/aromatic N) is 1. The van der Waals surface area contributed by atoms with Crippen LogP contribution in [0.2, 0.25) is 0 Å². The first-order chi connectivity index (χ1) is 4.52. The van der Waals surface area contributed by atoms with Gasteiger partial charge in [-0.15, -0.1) is 0 Å². The largest absolute Gasteiger partial charge is 0.197 e. The van der Waals surface area contributed by atoms with E-state index in [4.69, 9.17) is 17.5 Å². The lowest BCUT2D eigenvalue weighted by molar-refractivity contribution is 0.920. The summed E-state index contributed by atoms with van der Waals surface area (Å²) in [5.74, 6) is 0. The molecular formula is C7H11NS2. The van der Waals surface area contributed by atoms with Crippen LogP contribution < -0.4 is 0 Å². The van der Waals surface area contributed by atoms with Gasteiger partial charge in [0, 0.05) is 4.20 Å². The highest BCUT2D eigenvalue weighted by molar-refractivity contribution is 8.24. The number of thiocarbonyl (C=S) groups is 1. The summed E-state index contributed by atoms with van der Waals surface area (Å²) in [6, 6.07) is 2.18. The Morgan fingerprint density at radius 3 is 2.50 bits per heavy atom. The highest BCUT2D eigenvalue weighted by Gasteiger charge is 2.18. The summed E-state index contributed by atoms with van der Waals surface area (Å²) < 4.78 is 0.555. The second-order valence-corrected chi connectivity index (χ2v) is 4.92. The maximum Gasteiger partial charge on any atom is 0.102 e. The van der Waals surface area contributed by atoms with Gasteiger partial charge in [-0.1, -0.05) is 30.9 Å². The van der Waals surface area contributed by atoms with Crippen molar-refractivity contribution in [3.05, 3.63) is 0 Å². The zero-order valence-corrected chi connectivity index (χ0v) is 8.10. The summed E-state index contributed by atoms with van der Waals surface area (Å²) in [6.07, 6.45) is 0.866. The summed E-state index contributed by atoms with van der Waals surface area (Å²) in [7, 11) is 0. The minimum atomic E-state index is -0.354. The molecule has 0 saturated carbocycles. The molecule has 0 saturated heterocycles. The quantitative estimate of drug-likeness (QED) is 0.600. The molecule has 0 fully saturated rings. The van der Waals surface area contributed by atoms with Gasteiger partial charge in [0.15, 0.2) is 0 Å². The van der Waals surface area contributed by atoms with E-state index >= 15 is 0 Å². The Kier molecular flexibility index (Phi) is 3.92. The monoisotopic (exact) mass is 173 g/mol. The number of thioether (sulfide) groups is 1. The minimum Gasteiger partial charge on any atom is -0.197 e. The lowest BCUT2D eigenvalue weighted by atomic mass is 10.2. The van der Waals surface area contributed by atoms with Crippen LogP contribution in [-0.4, -0.2) is 8.94 Å². The predicted molar refractivity (Wildman–Crippen MR) is 50.2 cm³/mol. The van der Waals surface area contributed by atoms with Crippen LogP contribution in [0.4, 0.5) is 0 Å². The average molecular weight is 173 g/mol. The van der Waals surface area contributed by atoms with Gasteiger partial charge < -0.3 is 0 Å². The molecule has 0 aromatic heterocycles. The van der Waals surface area contributed by atoms with Crippen molar-refractivity contribution in [3.63, 3.8) is 0 Å². The van der Waals surface area contributed by atoms with E-state index < -0.39 is 0 Å². The molecule has 0 aliphatic carbocycles. The third-order valence-corrected chi connectivity index (χ3v) is 2.58. The Labute approximate surface area is 71.8 Å². The molecule has 0 aromatic rings. The summed E-state index contributed by atoms with van der Waals surface area (Å²) in [4.78, 5) is 0. The van der Waals surface area contributed by atoms with E-state index in [1.807, 2.05) is 20.8 Å². The molecule has 0 N–H and O–H groups in total. The van der Waals surface area contributed by atoms with E-state index in [2.05, 4.69) is 6.07 Å². The van der Waals surface area contributed by atoms with E-state index in [1.54, 1.807) is 0 Å². The van der Waals surface area contributed by atoms with Crippen molar-refractivity contribution >= 4 is 28.2 Å². The Morgan fingerprint density at radius 1 is 1.70 bits per heavy atom. The van der Waals surface area contributed by atoms with Crippen LogP contribution in [0, 0.1) is 11.3 Å². The standard InChI is InChI=1S/C7H11NS2/c1-4-6(9)10-7(2,3)5-8/h4H2,1-3H3. The van der Waals surface area contributed by atoms with Gasteiger partial charge in [-0.2, -0.15) is 5.26 Å². The molecule has 3 heteroatoms. The fourth-order valence-electron chi connectivity index (χ4n) is 0.380. The molecule has 0 amide bonds. The summed E-state index contributed by atoms with van der Waals surface area (Å²) >= 11 is 6.45. The van der Waals surface area contributed by atoms with E-state index in [1.165, 1.54) is 11.8 Å². The topological polar surface area (TPSA) is 23.8 Å². The van der Waals surface area contributed by atoms with Crippen molar-refractivity contribution in [2.45, 2.75) is 31.9 Å². The number of hydrogen-bond donors (Lipinski definition) is 0. The van der Waals surface area contributed by atoms with E-state index in [-0.39, 0.29) is 4.75 Å². The van der Waals surface area contributed by atoms with Crippen LogP contribution in [0.1, 0.15) is 27.2 Å². The van der Waals surface area contributed by atoms with E-state index in [0.717, 1.165) is 10.6 Å². The van der Waals surface area contributed by atoms with Gasteiger partial charge in [-0.05, 0) is 20.3 Å². The Hall–Kier alpha value is -0.0700. The van der Waals surface area contributed by atoms with Gasteiger partial charge in [-0.25, -0.2) is 0 Å². The van der Waals surface area contributed by atoms with Gasteiger partial charge >= 0.3 is 0 Å². The van der Waals surface area contributed by atoms with Crippen LogP contribution in [0.15, 0.2) is 0 Å². The lowest BCUT2D eigenvalue weighted by Gasteiger charge is -2.13. The van der Waals surface area contributed by atoms with Crippen molar-refractivity contribution in [2.75, 3.05) is 0 Å². The van der Waals surface area contributed by atoms with Gasteiger partial charge in [0.1, 0.15) is 4.75 Å². The average Bonchev–Trinajstić information content (AvgIpc) is 1.87. The fourth-order valence-corrected chi connectivity index (χ4v) is 1.76. The highest BCUT2D eigenvalue weighted by Crippen LogP contribution is 2.25. The van der Waals surface area contributed by atoms with Crippen LogP contribution in [-0.2, 0) is 0 Å². The molecule has 0 aliphatic heterocycles. The summed E-state index contributed by atoms with van der Waals surface area (Å²) in [6.45, 7) is 5.75. The molecule has 0 rings (SSSR count). The number of hydrogen-bond acceptors (Lipinski definition) is 3.